The molecule has 1 unspecified atom stereocenters. The smallest absolute Gasteiger partial charge is 0.224 e. The summed E-state index contributed by atoms with van der Waals surface area (Å²) in [6.07, 6.45) is 0.833. The molecule has 6 nitrogen and oxygen atoms in total. The van der Waals surface area contributed by atoms with Crippen LogP contribution >= 0.6 is 11.6 Å². The lowest BCUT2D eigenvalue weighted by molar-refractivity contribution is -0.124. The first-order chi connectivity index (χ1) is 11.5. The fraction of sp³-hybridized carbons (Fsp3) is 0.353. The SMILES string of the molecule is CCC(C)C(=O)NCc1ccc(COc2cc(Cl)nc(N)n2)cc1. The maximum Gasteiger partial charge on any atom is 0.224 e. The van der Waals surface area contributed by atoms with Gasteiger partial charge in [0.2, 0.25) is 17.7 Å². The van der Waals surface area contributed by atoms with Gasteiger partial charge >= 0.3 is 0 Å². The van der Waals surface area contributed by atoms with E-state index in [1.54, 1.807) is 0 Å². The molecular weight excluding hydrogens is 328 g/mol. The van der Waals surface area contributed by atoms with Crippen LogP contribution in [0.4, 0.5) is 5.95 Å². The second kappa shape index (κ2) is 8.49. The highest BCUT2D eigenvalue weighted by atomic mass is 35.5. The van der Waals surface area contributed by atoms with Crippen LogP contribution in [0.2, 0.25) is 5.15 Å². The Morgan fingerprint density at radius 2 is 1.96 bits per heavy atom. The molecule has 24 heavy (non-hydrogen) atoms. The van der Waals surface area contributed by atoms with Crippen molar-refractivity contribution in [3.8, 4) is 5.88 Å². The minimum atomic E-state index is 0.0322. The highest BCUT2D eigenvalue weighted by Gasteiger charge is 2.09. The van der Waals surface area contributed by atoms with Crippen molar-refractivity contribution in [2.24, 2.45) is 5.92 Å². The monoisotopic (exact) mass is 348 g/mol. The molecular formula is C17H21ClN4O2. The summed E-state index contributed by atoms with van der Waals surface area (Å²) in [4.78, 5) is 19.5. The van der Waals surface area contributed by atoms with E-state index in [1.807, 2.05) is 38.1 Å². The number of carbonyl (C=O) groups excluding carboxylic acids is 1. The topological polar surface area (TPSA) is 90.1 Å². The molecule has 1 aromatic carbocycles. The lowest BCUT2D eigenvalue weighted by Gasteiger charge is -2.10. The van der Waals surface area contributed by atoms with Crippen molar-refractivity contribution in [2.75, 3.05) is 5.73 Å². The third kappa shape index (κ3) is 5.38. The van der Waals surface area contributed by atoms with Gasteiger partial charge in [0.05, 0.1) is 0 Å². The average molecular weight is 349 g/mol. The second-order valence-electron chi connectivity index (χ2n) is 5.52. The maximum absolute atomic E-state index is 11.8. The van der Waals surface area contributed by atoms with Gasteiger partial charge in [-0.1, -0.05) is 49.7 Å². The number of rotatable bonds is 7. The Morgan fingerprint density at radius 3 is 2.58 bits per heavy atom. The molecule has 1 heterocycles. The van der Waals surface area contributed by atoms with Gasteiger partial charge in [-0.05, 0) is 17.5 Å². The van der Waals surface area contributed by atoms with Crippen LogP contribution in [-0.2, 0) is 17.9 Å². The van der Waals surface area contributed by atoms with Gasteiger partial charge in [0.1, 0.15) is 11.8 Å². The summed E-state index contributed by atoms with van der Waals surface area (Å²) in [5.41, 5.74) is 7.52. The van der Waals surface area contributed by atoms with Gasteiger partial charge in [-0.3, -0.25) is 4.79 Å². The number of carbonyl (C=O) groups is 1. The first-order valence-corrected chi connectivity index (χ1v) is 8.14. The van der Waals surface area contributed by atoms with Crippen molar-refractivity contribution in [3.05, 3.63) is 46.6 Å². The molecule has 0 radical (unpaired) electrons. The van der Waals surface area contributed by atoms with Gasteiger partial charge in [0, 0.05) is 18.5 Å². The molecule has 0 aliphatic rings. The van der Waals surface area contributed by atoms with Crippen LogP contribution in [0.25, 0.3) is 0 Å². The van der Waals surface area contributed by atoms with Crippen LogP contribution < -0.4 is 15.8 Å². The van der Waals surface area contributed by atoms with E-state index in [1.165, 1.54) is 6.07 Å². The molecule has 2 aromatic rings. The number of nitrogens with one attached hydrogen (secondary N) is 1. The number of anilines is 1. The molecule has 3 N–H and O–H groups in total. The summed E-state index contributed by atoms with van der Waals surface area (Å²) >= 11 is 5.80. The van der Waals surface area contributed by atoms with Crippen molar-refractivity contribution < 1.29 is 9.53 Å². The van der Waals surface area contributed by atoms with Gasteiger partial charge in [-0.15, -0.1) is 0 Å². The van der Waals surface area contributed by atoms with Crippen molar-refractivity contribution >= 4 is 23.5 Å². The summed E-state index contributed by atoms with van der Waals surface area (Å²) < 4.78 is 5.55. The zero-order chi connectivity index (χ0) is 17.5. The van der Waals surface area contributed by atoms with Crippen LogP contribution in [0, 0.1) is 5.92 Å². The number of halogens is 1. The summed E-state index contributed by atoms with van der Waals surface area (Å²) in [5.74, 6) is 0.509. The van der Waals surface area contributed by atoms with Crippen LogP contribution in [0.15, 0.2) is 30.3 Å². The minimum Gasteiger partial charge on any atom is -0.473 e. The molecule has 0 bridgehead atoms. The van der Waals surface area contributed by atoms with E-state index in [0.29, 0.717) is 19.0 Å². The number of amides is 1. The Balaban J connectivity index is 1.86. The van der Waals surface area contributed by atoms with Crippen LogP contribution in [0.3, 0.4) is 0 Å². The van der Waals surface area contributed by atoms with E-state index in [2.05, 4.69) is 15.3 Å². The molecule has 0 saturated carbocycles. The van der Waals surface area contributed by atoms with Gasteiger partial charge in [0.25, 0.3) is 0 Å². The lowest BCUT2D eigenvalue weighted by atomic mass is 10.1. The molecule has 0 aliphatic carbocycles. The largest absolute Gasteiger partial charge is 0.473 e. The number of aromatic nitrogens is 2. The Labute approximate surface area is 146 Å². The number of ether oxygens (including phenoxy) is 1. The second-order valence-corrected chi connectivity index (χ2v) is 5.91. The van der Waals surface area contributed by atoms with Gasteiger partial charge < -0.3 is 15.8 Å². The molecule has 0 spiro atoms. The quantitative estimate of drug-likeness (QED) is 0.751. The Hall–Kier alpha value is -2.34. The maximum atomic E-state index is 11.8. The van der Waals surface area contributed by atoms with Crippen LogP contribution in [0.5, 0.6) is 5.88 Å². The van der Waals surface area contributed by atoms with E-state index >= 15 is 0 Å². The van der Waals surface area contributed by atoms with Crippen LogP contribution in [-0.4, -0.2) is 15.9 Å². The highest BCUT2D eigenvalue weighted by molar-refractivity contribution is 6.29. The Kier molecular flexibility index (Phi) is 6.37. The summed E-state index contributed by atoms with van der Waals surface area (Å²) in [5, 5.41) is 3.16. The third-order valence-electron chi connectivity index (χ3n) is 3.63. The number of benzene rings is 1. The normalized spacial score (nSPS) is 11.8. The molecule has 1 atom stereocenters. The van der Waals surface area contributed by atoms with Gasteiger partial charge in [0.15, 0.2) is 0 Å². The average Bonchev–Trinajstić information content (AvgIpc) is 2.57. The van der Waals surface area contributed by atoms with Crippen molar-refractivity contribution in [1.82, 2.24) is 15.3 Å². The number of nitrogens with zero attached hydrogens (tertiary/aromatic N) is 2. The minimum absolute atomic E-state index is 0.0322. The lowest BCUT2D eigenvalue weighted by Crippen LogP contribution is -2.28. The van der Waals surface area contributed by atoms with Crippen molar-refractivity contribution in [1.29, 1.82) is 0 Å². The number of nitrogens with two attached hydrogens (primary N) is 1. The Bertz CT molecular complexity index is 671. The predicted octanol–water partition coefficient (Wildman–Crippen LogP) is 2.95. The van der Waals surface area contributed by atoms with Crippen LogP contribution in [0.1, 0.15) is 31.4 Å². The number of hydrogen-bond donors (Lipinski definition) is 2. The number of nitrogen functional groups attached to an aromatic ring is 1. The van der Waals surface area contributed by atoms with E-state index < -0.39 is 0 Å². The standard InChI is InChI=1S/C17H21ClN4O2/c1-3-11(2)16(23)20-9-12-4-6-13(7-5-12)10-24-15-8-14(18)21-17(19)22-15/h4-8,11H,3,9-10H2,1-2H3,(H,20,23)(H2,19,21,22). The summed E-state index contributed by atoms with van der Waals surface area (Å²) in [7, 11) is 0. The van der Waals surface area contributed by atoms with E-state index in [-0.39, 0.29) is 22.9 Å². The third-order valence-corrected chi connectivity index (χ3v) is 3.82. The van der Waals surface area contributed by atoms with Crippen molar-refractivity contribution in [3.63, 3.8) is 0 Å². The summed E-state index contributed by atoms with van der Waals surface area (Å²) in [6, 6.07) is 9.30. The molecule has 1 amide bonds. The van der Waals surface area contributed by atoms with E-state index in [0.717, 1.165) is 17.5 Å². The predicted molar refractivity (Wildman–Crippen MR) is 93.5 cm³/mol. The highest BCUT2D eigenvalue weighted by Crippen LogP contribution is 2.16. The number of hydrogen-bond acceptors (Lipinski definition) is 5. The molecule has 128 valence electrons. The first kappa shape index (κ1) is 18.0. The van der Waals surface area contributed by atoms with E-state index in [9.17, 15) is 4.79 Å². The van der Waals surface area contributed by atoms with E-state index in [4.69, 9.17) is 22.1 Å². The molecule has 2 rings (SSSR count). The van der Waals surface area contributed by atoms with Gasteiger partial charge in [-0.2, -0.15) is 4.98 Å². The summed E-state index contributed by atoms with van der Waals surface area (Å²) in [6.45, 7) is 4.77. The molecule has 7 heteroatoms. The molecule has 0 aliphatic heterocycles. The fourth-order valence-electron chi connectivity index (χ4n) is 1.95. The molecule has 0 fully saturated rings. The van der Waals surface area contributed by atoms with Gasteiger partial charge in [-0.25, -0.2) is 4.98 Å². The van der Waals surface area contributed by atoms with Crippen molar-refractivity contribution in [2.45, 2.75) is 33.4 Å². The first-order valence-electron chi connectivity index (χ1n) is 7.76. The molecule has 0 saturated heterocycles. The zero-order valence-electron chi connectivity index (χ0n) is 13.8. The molecule has 1 aromatic heterocycles. The zero-order valence-corrected chi connectivity index (χ0v) is 14.5. The fourth-order valence-corrected chi connectivity index (χ4v) is 2.13. The Morgan fingerprint density at radius 1 is 1.29 bits per heavy atom.